The van der Waals surface area contributed by atoms with E-state index in [0.717, 1.165) is 26.1 Å². The summed E-state index contributed by atoms with van der Waals surface area (Å²) in [6.45, 7) is 1.64. The number of hydrogen-bond acceptors (Lipinski definition) is 3. The molecule has 0 aromatic carbocycles. The molecule has 2 rings (SSSR count). The van der Waals surface area contributed by atoms with E-state index in [0.29, 0.717) is 0 Å². The Bertz CT molecular complexity index is 240. The van der Waals surface area contributed by atoms with E-state index in [1.807, 2.05) is 0 Å². The predicted octanol–water partition coefficient (Wildman–Crippen LogP) is 2.83. The van der Waals surface area contributed by atoms with Crippen molar-refractivity contribution < 1.29 is 9.47 Å². The molecular formula is C11H16O2S. The zero-order valence-corrected chi connectivity index (χ0v) is 9.09. The van der Waals surface area contributed by atoms with Crippen molar-refractivity contribution in [2.45, 2.75) is 32.0 Å². The minimum absolute atomic E-state index is 0.0578. The van der Waals surface area contributed by atoms with Crippen LogP contribution in [-0.2, 0) is 15.9 Å². The first-order valence-corrected chi connectivity index (χ1v) is 6.14. The molecule has 1 aliphatic rings. The Morgan fingerprint density at radius 1 is 1.50 bits per heavy atom. The lowest BCUT2D eigenvalue weighted by molar-refractivity contribution is -0.161. The molecule has 0 amide bonds. The topological polar surface area (TPSA) is 18.5 Å². The number of ether oxygens (including phenoxy) is 2. The predicted molar refractivity (Wildman–Crippen MR) is 57.6 cm³/mol. The van der Waals surface area contributed by atoms with Crippen LogP contribution in [0.2, 0.25) is 0 Å². The molecule has 0 N–H and O–H groups in total. The second-order valence-corrected chi connectivity index (χ2v) is 4.33. The van der Waals surface area contributed by atoms with Crippen LogP contribution in [0.25, 0.3) is 0 Å². The molecule has 2 heterocycles. The van der Waals surface area contributed by atoms with E-state index in [1.165, 1.54) is 18.4 Å². The third-order valence-corrected chi connectivity index (χ3v) is 3.14. The fraction of sp³-hybridized carbons (Fsp3) is 0.636. The van der Waals surface area contributed by atoms with Gasteiger partial charge in [0.25, 0.3) is 0 Å². The van der Waals surface area contributed by atoms with Gasteiger partial charge in [0.05, 0.1) is 6.61 Å². The average Bonchev–Trinajstić information content (AvgIpc) is 2.72. The highest BCUT2D eigenvalue weighted by molar-refractivity contribution is 7.07. The Labute approximate surface area is 88.8 Å². The van der Waals surface area contributed by atoms with Crippen LogP contribution < -0.4 is 0 Å². The Morgan fingerprint density at radius 3 is 3.21 bits per heavy atom. The molecule has 0 radical (unpaired) electrons. The first-order valence-electron chi connectivity index (χ1n) is 5.19. The molecular weight excluding hydrogens is 196 g/mol. The normalized spacial score (nSPS) is 22.4. The zero-order valence-electron chi connectivity index (χ0n) is 8.28. The van der Waals surface area contributed by atoms with Crippen molar-refractivity contribution >= 4 is 11.3 Å². The van der Waals surface area contributed by atoms with Crippen molar-refractivity contribution in [3.05, 3.63) is 22.4 Å². The molecule has 1 aliphatic heterocycles. The van der Waals surface area contributed by atoms with Crippen LogP contribution >= 0.6 is 11.3 Å². The molecule has 1 saturated heterocycles. The fourth-order valence-corrected chi connectivity index (χ4v) is 2.29. The maximum Gasteiger partial charge on any atom is 0.157 e. The minimum Gasteiger partial charge on any atom is -0.353 e. The molecule has 3 heteroatoms. The molecule has 2 nitrogen and oxygen atoms in total. The van der Waals surface area contributed by atoms with Crippen LogP contribution in [0.15, 0.2) is 16.8 Å². The molecule has 1 fully saturated rings. The molecule has 0 bridgehead atoms. The summed E-state index contributed by atoms with van der Waals surface area (Å²) in [5.41, 5.74) is 1.37. The van der Waals surface area contributed by atoms with Gasteiger partial charge in [0.2, 0.25) is 0 Å². The second-order valence-electron chi connectivity index (χ2n) is 3.55. The molecule has 0 unspecified atom stereocenters. The quantitative estimate of drug-likeness (QED) is 0.764. The monoisotopic (exact) mass is 212 g/mol. The van der Waals surface area contributed by atoms with Crippen molar-refractivity contribution in [1.82, 2.24) is 0 Å². The van der Waals surface area contributed by atoms with Gasteiger partial charge in [-0.25, -0.2) is 0 Å². The van der Waals surface area contributed by atoms with Crippen LogP contribution in [0, 0.1) is 0 Å². The van der Waals surface area contributed by atoms with Gasteiger partial charge in [-0.2, -0.15) is 11.3 Å². The largest absolute Gasteiger partial charge is 0.353 e. The lowest BCUT2D eigenvalue weighted by atomic mass is 10.2. The maximum absolute atomic E-state index is 5.64. The molecule has 0 aliphatic carbocycles. The van der Waals surface area contributed by atoms with Gasteiger partial charge >= 0.3 is 0 Å². The Hall–Kier alpha value is -0.380. The minimum atomic E-state index is 0.0578. The zero-order chi connectivity index (χ0) is 9.64. The van der Waals surface area contributed by atoms with Crippen molar-refractivity contribution in [3.63, 3.8) is 0 Å². The SMILES string of the molecule is c1cc(CCO[C@H]2CCCCO2)cs1. The Kier molecular flexibility index (Phi) is 3.98. The van der Waals surface area contributed by atoms with Gasteiger partial charge in [0, 0.05) is 6.61 Å². The van der Waals surface area contributed by atoms with E-state index in [4.69, 9.17) is 9.47 Å². The summed E-state index contributed by atoms with van der Waals surface area (Å²) in [5.74, 6) is 0. The third-order valence-electron chi connectivity index (χ3n) is 2.41. The standard InChI is InChI=1S/C11H16O2S/c1-2-6-12-11(3-1)13-7-4-10-5-8-14-9-10/h5,8-9,11H,1-4,6-7H2/t11-/m0/s1. The number of rotatable bonds is 4. The highest BCUT2D eigenvalue weighted by Crippen LogP contribution is 2.14. The fourth-order valence-electron chi connectivity index (χ4n) is 1.59. The highest BCUT2D eigenvalue weighted by atomic mass is 32.1. The van der Waals surface area contributed by atoms with Gasteiger partial charge in [0.15, 0.2) is 6.29 Å². The second kappa shape index (κ2) is 5.49. The Morgan fingerprint density at radius 2 is 2.50 bits per heavy atom. The number of hydrogen-bond donors (Lipinski definition) is 0. The lowest BCUT2D eigenvalue weighted by Gasteiger charge is -2.22. The summed E-state index contributed by atoms with van der Waals surface area (Å²) >= 11 is 1.74. The van der Waals surface area contributed by atoms with E-state index in [1.54, 1.807) is 11.3 Å². The summed E-state index contributed by atoms with van der Waals surface area (Å²) in [6.07, 6.45) is 4.54. The van der Waals surface area contributed by atoms with Gasteiger partial charge in [-0.3, -0.25) is 0 Å². The van der Waals surface area contributed by atoms with Crippen LogP contribution in [0.3, 0.4) is 0 Å². The Balaban J connectivity index is 1.62. The summed E-state index contributed by atoms with van der Waals surface area (Å²) in [7, 11) is 0. The van der Waals surface area contributed by atoms with Crippen molar-refractivity contribution in [3.8, 4) is 0 Å². The van der Waals surface area contributed by atoms with Crippen molar-refractivity contribution in [2.75, 3.05) is 13.2 Å². The molecule has 78 valence electrons. The summed E-state index contributed by atoms with van der Waals surface area (Å²) in [5, 5.41) is 4.28. The molecule has 1 aromatic rings. The lowest BCUT2D eigenvalue weighted by Crippen LogP contribution is -2.23. The first-order chi connectivity index (χ1) is 6.95. The smallest absolute Gasteiger partial charge is 0.157 e. The van der Waals surface area contributed by atoms with E-state index in [9.17, 15) is 0 Å². The van der Waals surface area contributed by atoms with Gasteiger partial charge in [-0.1, -0.05) is 0 Å². The number of thiophene rings is 1. The van der Waals surface area contributed by atoms with Gasteiger partial charge in [-0.15, -0.1) is 0 Å². The van der Waals surface area contributed by atoms with Gasteiger partial charge in [0.1, 0.15) is 0 Å². The first kappa shape index (κ1) is 10.1. The summed E-state index contributed by atoms with van der Waals surface area (Å²) in [4.78, 5) is 0. The van der Waals surface area contributed by atoms with E-state index >= 15 is 0 Å². The van der Waals surface area contributed by atoms with Gasteiger partial charge < -0.3 is 9.47 Å². The summed E-state index contributed by atoms with van der Waals surface area (Å²) in [6, 6.07) is 2.15. The molecule has 0 spiro atoms. The van der Waals surface area contributed by atoms with Crippen LogP contribution in [0.5, 0.6) is 0 Å². The van der Waals surface area contributed by atoms with Gasteiger partial charge in [-0.05, 0) is 48.1 Å². The highest BCUT2D eigenvalue weighted by Gasteiger charge is 2.13. The average molecular weight is 212 g/mol. The van der Waals surface area contributed by atoms with Crippen LogP contribution in [0.1, 0.15) is 24.8 Å². The molecule has 0 saturated carbocycles. The summed E-state index contributed by atoms with van der Waals surface area (Å²) < 4.78 is 11.1. The van der Waals surface area contributed by atoms with Crippen molar-refractivity contribution in [2.24, 2.45) is 0 Å². The molecule has 14 heavy (non-hydrogen) atoms. The molecule has 1 atom stereocenters. The third kappa shape index (κ3) is 3.08. The maximum atomic E-state index is 5.64. The van der Waals surface area contributed by atoms with E-state index in [2.05, 4.69) is 16.8 Å². The van der Waals surface area contributed by atoms with Crippen molar-refractivity contribution in [1.29, 1.82) is 0 Å². The van der Waals surface area contributed by atoms with Crippen LogP contribution in [0.4, 0.5) is 0 Å². The van der Waals surface area contributed by atoms with E-state index < -0.39 is 0 Å². The molecule has 1 aromatic heterocycles. The van der Waals surface area contributed by atoms with E-state index in [-0.39, 0.29) is 6.29 Å². The van der Waals surface area contributed by atoms with Crippen LogP contribution in [-0.4, -0.2) is 19.5 Å².